The number of hydrogen-bond donors (Lipinski definition) is 0. The van der Waals surface area contributed by atoms with E-state index in [0.717, 1.165) is 13.0 Å². The summed E-state index contributed by atoms with van der Waals surface area (Å²) in [4.78, 5) is 17.3. The maximum Gasteiger partial charge on any atom is 0.246 e. The molecule has 16 heavy (non-hydrogen) atoms. The second-order valence-corrected chi connectivity index (χ2v) is 3.77. The van der Waals surface area contributed by atoms with Gasteiger partial charge in [0.25, 0.3) is 0 Å². The SMILES string of the molecule is COCCc1noc(CN2CCCC2=O)n1. The highest BCUT2D eigenvalue weighted by Gasteiger charge is 2.22. The summed E-state index contributed by atoms with van der Waals surface area (Å²) >= 11 is 0. The zero-order chi connectivity index (χ0) is 11.4. The van der Waals surface area contributed by atoms with Crippen LogP contribution in [0.3, 0.4) is 0 Å². The molecule has 6 nitrogen and oxygen atoms in total. The molecule has 0 atom stereocenters. The van der Waals surface area contributed by atoms with Gasteiger partial charge in [0.15, 0.2) is 5.82 Å². The highest BCUT2D eigenvalue weighted by Crippen LogP contribution is 2.13. The first kappa shape index (κ1) is 11.1. The van der Waals surface area contributed by atoms with Gasteiger partial charge in [0.2, 0.25) is 11.8 Å². The first-order chi connectivity index (χ1) is 7.79. The lowest BCUT2D eigenvalue weighted by atomic mass is 10.4. The molecule has 88 valence electrons. The number of carbonyl (C=O) groups is 1. The third-order valence-electron chi connectivity index (χ3n) is 2.54. The summed E-state index contributed by atoms with van der Waals surface area (Å²) in [6, 6.07) is 0. The van der Waals surface area contributed by atoms with Crippen LogP contribution in [0.1, 0.15) is 24.6 Å². The molecule has 1 aromatic heterocycles. The zero-order valence-electron chi connectivity index (χ0n) is 9.31. The van der Waals surface area contributed by atoms with Gasteiger partial charge in [0.05, 0.1) is 13.2 Å². The van der Waals surface area contributed by atoms with Crippen molar-refractivity contribution in [3.8, 4) is 0 Å². The van der Waals surface area contributed by atoms with Gasteiger partial charge in [-0.2, -0.15) is 4.98 Å². The summed E-state index contributed by atoms with van der Waals surface area (Å²) in [5, 5.41) is 3.82. The molecule has 1 saturated heterocycles. The van der Waals surface area contributed by atoms with Crippen molar-refractivity contribution in [3.63, 3.8) is 0 Å². The third-order valence-corrected chi connectivity index (χ3v) is 2.54. The summed E-state index contributed by atoms with van der Waals surface area (Å²) in [5.41, 5.74) is 0. The maximum atomic E-state index is 11.4. The molecule has 0 bridgehead atoms. The van der Waals surface area contributed by atoms with Crippen LogP contribution in [0.25, 0.3) is 0 Å². The van der Waals surface area contributed by atoms with Crippen molar-refractivity contribution >= 4 is 5.91 Å². The van der Waals surface area contributed by atoms with Gasteiger partial charge in [-0.05, 0) is 6.42 Å². The number of carbonyl (C=O) groups excluding carboxylic acids is 1. The summed E-state index contributed by atoms with van der Waals surface area (Å²) in [5.74, 6) is 1.29. The summed E-state index contributed by atoms with van der Waals surface area (Å²) in [7, 11) is 1.63. The molecule has 0 spiro atoms. The smallest absolute Gasteiger partial charge is 0.246 e. The molecule has 1 aromatic rings. The second kappa shape index (κ2) is 5.07. The minimum atomic E-state index is 0.164. The lowest BCUT2D eigenvalue weighted by molar-refractivity contribution is -0.128. The third kappa shape index (κ3) is 2.57. The molecule has 0 unspecified atom stereocenters. The van der Waals surface area contributed by atoms with E-state index in [1.807, 2.05) is 0 Å². The topological polar surface area (TPSA) is 68.5 Å². The van der Waals surface area contributed by atoms with E-state index in [2.05, 4.69) is 10.1 Å². The van der Waals surface area contributed by atoms with E-state index in [9.17, 15) is 4.79 Å². The summed E-state index contributed by atoms with van der Waals surface area (Å²) in [6.07, 6.45) is 2.18. The Balaban J connectivity index is 1.89. The molecule has 0 aliphatic carbocycles. The zero-order valence-corrected chi connectivity index (χ0v) is 9.31. The molecule has 2 rings (SSSR count). The Labute approximate surface area is 93.6 Å². The second-order valence-electron chi connectivity index (χ2n) is 3.77. The van der Waals surface area contributed by atoms with E-state index in [-0.39, 0.29) is 5.91 Å². The van der Waals surface area contributed by atoms with Crippen LogP contribution in [-0.4, -0.2) is 41.2 Å². The van der Waals surface area contributed by atoms with E-state index < -0.39 is 0 Å². The summed E-state index contributed by atoms with van der Waals surface area (Å²) < 4.78 is 9.98. The van der Waals surface area contributed by atoms with E-state index in [1.54, 1.807) is 12.0 Å². The van der Waals surface area contributed by atoms with Crippen molar-refractivity contribution in [2.75, 3.05) is 20.3 Å². The molecule has 2 heterocycles. The van der Waals surface area contributed by atoms with Gasteiger partial charge >= 0.3 is 0 Å². The number of rotatable bonds is 5. The molecule has 1 aliphatic heterocycles. The number of amides is 1. The first-order valence-electron chi connectivity index (χ1n) is 5.38. The van der Waals surface area contributed by atoms with E-state index >= 15 is 0 Å². The van der Waals surface area contributed by atoms with Crippen LogP contribution in [0.5, 0.6) is 0 Å². The van der Waals surface area contributed by atoms with Crippen LogP contribution in [-0.2, 0) is 22.5 Å². The number of likely N-dealkylation sites (tertiary alicyclic amines) is 1. The largest absolute Gasteiger partial charge is 0.384 e. The van der Waals surface area contributed by atoms with Gasteiger partial charge in [-0.15, -0.1) is 0 Å². The Kier molecular flexibility index (Phi) is 3.51. The van der Waals surface area contributed by atoms with E-state index in [0.29, 0.717) is 37.7 Å². The lowest BCUT2D eigenvalue weighted by Crippen LogP contribution is -2.23. The fourth-order valence-corrected chi connectivity index (χ4v) is 1.68. The van der Waals surface area contributed by atoms with E-state index in [1.165, 1.54) is 0 Å². The highest BCUT2D eigenvalue weighted by molar-refractivity contribution is 5.77. The van der Waals surface area contributed by atoms with E-state index in [4.69, 9.17) is 9.26 Å². The monoisotopic (exact) mass is 225 g/mol. The Bertz CT molecular complexity index is 364. The van der Waals surface area contributed by atoms with Crippen molar-refractivity contribution < 1.29 is 14.1 Å². The van der Waals surface area contributed by atoms with Gasteiger partial charge < -0.3 is 14.2 Å². The molecular weight excluding hydrogens is 210 g/mol. The Morgan fingerprint density at radius 2 is 2.44 bits per heavy atom. The summed E-state index contributed by atoms with van der Waals surface area (Å²) in [6.45, 7) is 1.79. The fourth-order valence-electron chi connectivity index (χ4n) is 1.68. The quantitative estimate of drug-likeness (QED) is 0.724. The Morgan fingerprint density at radius 3 is 3.12 bits per heavy atom. The van der Waals surface area contributed by atoms with Crippen molar-refractivity contribution in [1.29, 1.82) is 0 Å². The number of ether oxygens (including phenoxy) is 1. The predicted molar refractivity (Wildman–Crippen MR) is 54.5 cm³/mol. The van der Waals surface area contributed by atoms with Crippen LogP contribution in [0, 0.1) is 0 Å². The Morgan fingerprint density at radius 1 is 1.56 bits per heavy atom. The van der Waals surface area contributed by atoms with Gasteiger partial charge in [-0.25, -0.2) is 0 Å². The predicted octanol–water partition coefficient (Wildman–Crippen LogP) is 0.381. The Hall–Kier alpha value is -1.43. The minimum absolute atomic E-state index is 0.164. The maximum absolute atomic E-state index is 11.4. The molecule has 1 aliphatic rings. The minimum Gasteiger partial charge on any atom is -0.384 e. The number of hydrogen-bond acceptors (Lipinski definition) is 5. The lowest BCUT2D eigenvalue weighted by Gasteiger charge is -2.11. The molecule has 0 saturated carbocycles. The number of nitrogens with zero attached hydrogens (tertiary/aromatic N) is 3. The van der Waals surface area contributed by atoms with Crippen LogP contribution in [0.2, 0.25) is 0 Å². The number of methoxy groups -OCH3 is 1. The van der Waals surface area contributed by atoms with Crippen LogP contribution < -0.4 is 0 Å². The van der Waals surface area contributed by atoms with Gasteiger partial charge in [0, 0.05) is 26.5 Å². The molecule has 1 fully saturated rings. The van der Waals surface area contributed by atoms with Gasteiger partial charge in [-0.1, -0.05) is 5.16 Å². The standard InChI is InChI=1S/C10H15N3O3/c1-15-6-4-8-11-9(16-12-8)7-13-5-2-3-10(13)14/h2-7H2,1H3. The van der Waals surface area contributed by atoms with Gasteiger partial charge in [0.1, 0.15) is 0 Å². The average Bonchev–Trinajstić information content (AvgIpc) is 2.87. The van der Waals surface area contributed by atoms with Crippen molar-refractivity contribution in [3.05, 3.63) is 11.7 Å². The van der Waals surface area contributed by atoms with Crippen molar-refractivity contribution in [2.24, 2.45) is 0 Å². The van der Waals surface area contributed by atoms with Crippen molar-refractivity contribution in [2.45, 2.75) is 25.8 Å². The van der Waals surface area contributed by atoms with Crippen LogP contribution in [0.4, 0.5) is 0 Å². The molecule has 0 radical (unpaired) electrons. The fraction of sp³-hybridized carbons (Fsp3) is 0.700. The molecule has 0 N–H and O–H groups in total. The first-order valence-corrected chi connectivity index (χ1v) is 5.38. The molecule has 1 amide bonds. The van der Waals surface area contributed by atoms with Crippen LogP contribution >= 0.6 is 0 Å². The van der Waals surface area contributed by atoms with Crippen LogP contribution in [0.15, 0.2) is 4.52 Å². The van der Waals surface area contributed by atoms with Crippen molar-refractivity contribution in [1.82, 2.24) is 15.0 Å². The average molecular weight is 225 g/mol. The number of aromatic nitrogens is 2. The highest BCUT2D eigenvalue weighted by atomic mass is 16.5. The molecule has 6 heteroatoms. The normalized spacial score (nSPS) is 16.1. The molecule has 0 aromatic carbocycles. The van der Waals surface area contributed by atoms with Gasteiger partial charge in [-0.3, -0.25) is 4.79 Å². The molecular formula is C10H15N3O3.